The van der Waals surface area contributed by atoms with E-state index >= 15 is 0 Å². The molecule has 1 aliphatic heterocycles. The van der Waals surface area contributed by atoms with Crippen LogP contribution in [0.15, 0.2) is 73.0 Å². The highest BCUT2D eigenvalue weighted by molar-refractivity contribution is 9.09. The minimum absolute atomic E-state index is 0.534. The highest BCUT2D eigenvalue weighted by Gasteiger charge is 2.19. The fraction of sp³-hybridized carbons (Fsp3) is 0.217. The fourth-order valence-electron chi connectivity index (χ4n) is 3.70. The van der Waals surface area contributed by atoms with E-state index in [0.717, 1.165) is 6.61 Å². The molecule has 0 amide bonds. The van der Waals surface area contributed by atoms with Crippen LogP contribution in [0.4, 0.5) is 0 Å². The summed E-state index contributed by atoms with van der Waals surface area (Å²) in [5, 5.41) is 5.56. The van der Waals surface area contributed by atoms with Crippen LogP contribution in [0.2, 0.25) is 0 Å². The van der Waals surface area contributed by atoms with Gasteiger partial charge >= 0.3 is 0 Å². The minimum atomic E-state index is 0.534. The molecule has 0 saturated carbocycles. The van der Waals surface area contributed by atoms with E-state index in [-0.39, 0.29) is 0 Å². The minimum Gasteiger partial charge on any atom is -0.497 e. The third-order valence-electron chi connectivity index (χ3n) is 4.91. The van der Waals surface area contributed by atoms with Gasteiger partial charge in [0.15, 0.2) is 0 Å². The maximum absolute atomic E-state index is 4.80. The molecule has 1 aliphatic carbocycles. The molecule has 0 aromatic heterocycles. The van der Waals surface area contributed by atoms with Crippen molar-refractivity contribution in [3.63, 3.8) is 0 Å². The van der Waals surface area contributed by atoms with Crippen molar-refractivity contribution in [2.24, 2.45) is 0 Å². The number of fused-ring (bicyclic) bond motifs is 5. The summed E-state index contributed by atoms with van der Waals surface area (Å²) in [5.74, 6) is 0. The normalized spacial score (nSPS) is 18.4. The van der Waals surface area contributed by atoms with Crippen LogP contribution in [0.5, 0.6) is 0 Å². The van der Waals surface area contributed by atoms with Gasteiger partial charge in [-0.15, -0.1) is 0 Å². The quantitative estimate of drug-likeness (QED) is 0.300. The van der Waals surface area contributed by atoms with Gasteiger partial charge in [-0.3, -0.25) is 0 Å². The van der Waals surface area contributed by atoms with E-state index < -0.39 is 0 Å². The summed E-state index contributed by atoms with van der Waals surface area (Å²) in [4.78, 5) is 0.534. The monoisotopic (exact) mass is 392 g/mol. The zero-order valence-corrected chi connectivity index (χ0v) is 15.7. The van der Waals surface area contributed by atoms with Gasteiger partial charge in [-0.1, -0.05) is 70.5 Å². The summed E-state index contributed by atoms with van der Waals surface area (Å²) in [6.45, 7) is 0.733. The first-order valence-electron chi connectivity index (χ1n) is 8.85. The molecule has 126 valence electrons. The molecule has 25 heavy (non-hydrogen) atoms. The predicted molar refractivity (Wildman–Crippen MR) is 110 cm³/mol. The van der Waals surface area contributed by atoms with Crippen LogP contribution >= 0.6 is 15.9 Å². The Morgan fingerprint density at radius 2 is 1.76 bits per heavy atom. The first-order chi connectivity index (χ1) is 12.3. The van der Waals surface area contributed by atoms with Crippen LogP contribution in [0.3, 0.4) is 0 Å². The van der Waals surface area contributed by atoms with Crippen molar-refractivity contribution in [1.29, 1.82) is 0 Å². The summed E-state index contributed by atoms with van der Waals surface area (Å²) in [6, 6.07) is 17.9. The summed E-state index contributed by atoms with van der Waals surface area (Å²) in [6.07, 6.45) is 11.2. The van der Waals surface area contributed by atoms with E-state index in [4.69, 9.17) is 4.74 Å². The number of hydrogen-bond acceptors (Lipinski definition) is 1. The molecule has 0 spiro atoms. The Bertz CT molecular complexity index is 943. The van der Waals surface area contributed by atoms with Gasteiger partial charge in [-0.05, 0) is 64.1 Å². The van der Waals surface area contributed by atoms with Crippen LogP contribution in [-0.4, -0.2) is 6.61 Å². The molecule has 2 heteroatoms. The molecule has 1 heterocycles. The predicted octanol–water partition coefficient (Wildman–Crippen LogP) is 6.85. The molecule has 2 aliphatic rings. The third-order valence-corrected chi connectivity index (χ3v) is 5.86. The second kappa shape index (κ2) is 7.45. The van der Waals surface area contributed by atoms with Gasteiger partial charge < -0.3 is 4.74 Å². The standard InChI is InChI=1S/C18H15Br.C5H6O/c19-18-7-3-6-14-16-9-8-12-4-1-2-5-13(12)15(16)10-11-17(14)18;1-2-4-6-5-3-1/h1-2,4-5,8-11,18H,3,6-7H2;1-4H,5H2. The smallest absolute Gasteiger partial charge is 0.106 e. The summed E-state index contributed by atoms with van der Waals surface area (Å²) in [5.41, 5.74) is 3.05. The lowest BCUT2D eigenvalue weighted by atomic mass is 9.86. The zero-order valence-electron chi connectivity index (χ0n) is 14.1. The number of aryl methyl sites for hydroxylation is 1. The molecule has 5 rings (SSSR count). The highest BCUT2D eigenvalue weighted by Crippen LogP contribution is 2.40. The van der Waals surface area contributed by atoms with E-state index in [2.05, 4.69) is 64.5 Å². The molecular formula is C23H21BrO. The second-order valence-electron chi connectivity index (χ2n) is 6.46. The highest BCUT2D eigenvalue weighted by atomic mass is 79.9. The number of alkyl halides is 1. The number of ether oxygens (including phenoxy) is 1. The van der Waals surface area contributed by atoms with Gasteiger partial charge in [0.05, 0.1) is 6.26 Å². The van der Waals surface area contributed by atoms with Crippen molar-refractivity contribution in [2.75, 3.05) is 6.61 Å². The third kappa shape index (κ3) is 3.36. The van der Waals surface area contributed by atoms with Crippen LogP contribution in [0.25, 0.3) is 21.5 Å². The number of halogens is 1. The maximum Gasteiger partial charge on any atom is 0.106 e. The topological polar surface area (TPSA) is 9.23 Å². The first kappa shape index (κ1) is 16.4. The Morgan fingerprint density at radius 1 is 0.880 bits per heavy atom. The van der Waals surface area contributed by atoms with Gasteiger partial charge in [0, 0.05) is 4.83 Å². The summed E-state index contributed by atoms with van der Waals surface area (Å²) >= 11 is 3.82. The maximum atomic E-state index is 4.80. The van der Waals surface area contributed by atoms with Gasteiger partial charge in [0.1, 0.15) is 6.61 Å². The Hall–Kier alpha value is -2.06. The Morgan fingerprint density at radius 3 is 2.52 bits per heavy atom. The molecule has 3 aromatic rings. The number of hydrogen-bond donors (Lipinski definition) is 0. The van der Waals surface area contributed by atoms with Crippen LogP contribution < -0.4 is 0 Å². The molecule has 0 saturated heterocycles. The molecular weight excluding hydrogens is 372 g/mol. The average Bonchev–Trinajstić information content (AvgIpc) is 2.69. The van der Waals surface area contributed by atoms with E-state index in [1.54, 1.807) is 11.8 Å². The molecule has 1 atom stereocenters. The van der Waals surface area contributed by atoms with Crippen LogP contribution in [0, 0.1) is 0 Å². The lowest BCUT2D eigenvalue weighted by molar-refractivity contribution is 0.286. The van der Waals surface area contributed by atoms with Gasteiger partial charge in [-0.25, -0.2) is 0 Å². The Balaban J connectivity index is 0.000000223. The second-order valence-corrected chi connectivity index (χ2v) is 7.57. The molecule has 0 radical (unpaired) electrons. The molecule has 1 nitrogen and oxygen atoms in total. The lowest BCUT2D eigenvalue weighted by Crippen LogP contribution is -2.05. The molecule has 1 unspecified atom stereocenters. The molecule has 0 bridgehead atoms. The zero-order chi connectivity index (χ0) is 17.1. The van der Waals surface area contributed by atoms with Crippen molar-refractivity contribution in [2.45, 2.75) is 24.1 Å². The van der Waals surface area contributed by atoms with E-state index in [1.807, 2.05) is 18.2 Å². The largest absolute Gasteiger partial charge is 0.497 e. The Kier molecular flexibility index (Phi) is 4.89. The van der Waals surface area contributed by atoms with Crippen molar-refractivity contribution < 1.29 is 4.74 Å². The molecule has 0 fully saturated rings. The van der Waals surface area contributed by atoms with Crippen molar-refractivity contribution in [3.05, 3.63) is 84.1 Å². The number of allylic oxidation sites excluding steroid dienone is 2. The van der Waals surface area contributed by atoms with Crippen molar-refractivity contribution in [3.8, 4) is 0 Å². The SMILES string of the molecule is BrC1CCCc2c1ccc1c2ccc2ccccc21.C1=CCOC=C1. The van der Waals surface area contributed by atoms with Gasteiger partial charge in [-0.2, -0.15) is 0 Å². The lowest BCUT2D eigenvalue weighted by Gasteiger charge is -2.23. The van der Waals surface area contributed by atoms with Crippen LogP contribution in [0.1, 0.15) is 28.8 Å². The fourth-order valence-corrected chi connectivity index (χ4v) is 4.45. The van der Waals surface area contributed by atoms with Gasteiger partial charge in [0.2, 0.25) is 0 Å². The van der Waals surface area contributed by atoms with Gasteiger partial charge in [0.25, 0.3) is 0 Å². The Labute approximate surface area is 157 Å². The number of rotatable bonds is 0. The molecule has 0 N–H and O–H groups in total. The average molecular weight is 393 g/mol. The van der Waals surface area contributed by atoms with E-state index in [0.29, 0.717) is 4.83 Å². The van der Waals surface area contributed by atoms with E-state index in [1.165, 1.54) is 46.4 Å². The van der Waals surface area contributed by atoms with Crippen LogP contribution in [-0.2, 0) is 11.2 Å². The van der Waals surface area contributed by atoms with E-state index in [9.17, 15) is 0 Å². The van der Waals surface area contributed by atoms with Crippen molar-refractivity contribution >= 4 is 37.5 Å². The summed E-state index contributed by atoms with van der Waals surface area (Å²) < 4.78 is 4.80. The summed E-state index contributed by atoms with van der Waals surface area (Å²) in [7, 11) is 0. The molecule has 3 aromatic carbocycles. The van der Waals surface area contributed by atoms with Crippen molar-refractivity contribution in [1.82, 2.24) is 0 Å². The number of benzene rings is 3. The first-order valence-corrected chi connectivity index (χ1v) is 9.77.